The van der Waals surface area contributed by atoms with Crippen molar-refractivity contribution in [2.24, 2.45) is 0 Å². The Hall–Kier alpha value is -0.240. The zero-order chi connectivity index (χ0) is 10.6. The number of nitrogens with one attached hydrogen (secondary N) is 1. The molecule has 0 bridgehead atoms. The first kappa shape index (κ1) is 13.8. The molecule has 0 spiro atoms. The lowest BCUT2D eigenvalue weighted by Gasteiger charge is -2.03. The molecular formula is C11H22ClNO. The zero-order valence-electron chi connectivity index (χ0n) is 9.15. The van der Waals surface area contributed by atoms with E-state index in [4.69, 9.17) is 11.6 Å². The summed E-state index contributed by atoms with van der Waals surface area (Å²) in [5.74, 6) is 0.925. The highest BCUT2D eigenvalue weighted by atomic mass is 35.5. The second kappa shape index (κ2) is 10.8. The van der Waals surface area contributed by atoms with Gasteiger partial charge in [0.05, 0.1) is 0 Å². The quantitative estimate of drug-likeness (QED) is 0.469. The van der Waals surface area contributed by atoms with Crippen LogP contribution in [-0.2, 0) is 4.79 Å². The number of amides is 1. The van der Waals surface area contributed by atoms with E-state index in [1.807, 2.05) is 0 Å². The largest absolute Gasteiger partial charge is 0.356 e. The summed E-state index contributed by atoms with van der Waals surface area (Å²) in [6.07, 6.45) is 7.23. The summed E-state index contributed by atoms with van der Waals surface area (Å²) >= 11 is 5.54. The number of alkyl halides is 1. The third-order valence-electron chi connectivity index (χ3n) is 2.14. The van der Waals surface area contributed by atoms with E-state index in [2.05, 4.69) is 12.2 Å². The maximum Gasteiger partial charge on any atom is 0.219 e. The number of unbranched alkanes of at least 4 members (excludes halogenated alkanes) is 4. The number of hydrogen-bond acceptors (Lipinski definition) is 1. The van der Waals surface area contributed by atoms with Crippen molar-refractivity contribution in [3.05, 3.63) is 0 Å². The van der Waals surface area contributed by atoms with Crippen molar-refractivity contribution >= 4 is 17.5 Å². The summed E-state index contributed by atoms with van der Waals surface area (Å²) in [4.78, 5) is 11.2. The van der Waals surface area contributed by atoms with Crippen molar-refractivity contribution in [2.45, 2.75) is 51.9 Å². The van der Waals surface area contributed by atoms with Crippen LogP contribution in [0, 0.1) is 0 Å². The fourth-order valence-electron chi connectivity index (χ4n) is 1.25. The van der Waals surface area contributed by atoms with Gasteiger partial charge in [-0.15, -0.1) is 11.6 Å². The molecule has 0 heterocycles. The van der Waals surface area contributed by atoms with Gasteiger partial charge in [0, 0.05) is 18.8 Å². The third kappa shape index (κ3) is 9.85. The first-order valence-electron chi connectivity index (χ1n) is 5.64. The topological polar surface area (TPSA) is 29.1 Å². The van der Waals surface area contributed by atoms with Crippen molar-refractivity contribution in [2.75, 3.05) is 12.4 Å². The van der Waals surface area contributed by atoms with Gasteiger partial charge in [-0.25, -0.2) is 0 Å². The van der Waals surface area contributed by atoms with Crippen LogP contribution in [0.1, 0.15) is 51.9 Å². The van der Waals surface area contributed by atoms with E-state index in [1.165, 1.54) is 6.42 Å². The lowest BCUT2D eigenvalue weighted by Crippen LogP contribution is -2.23. The standard InChI is InChI=1S/C11H22ClNO/c1-2-3-5-8-11(14)13-10-7-4-6-9-12/h2-10H2,1H3,(H,13,14). The van der Waals surface area contributed by atoms with Crippen LogP contribution < -0.4 is 5.32 Å². The number of halogens is 1. The Kier molecular flexibility index (Phi) is 10.7. The van der Waals surface area contributed by atoms with Crippen LogP contribution in [-0.4, -0.2) is 18.3 Å². The van der Waals surface area contributed by atoms with Gasteiger partial charge in [0.2, 0.25) is 5.91 Å². The van der Waals surface area contributed by atoms with E-state index in [-0.39, 0.29) is 5.91 Å². The first-order chi connectivity index (χ1) is 6.81. The SMILES string of the molecule is CCCCCC(=O)NCCCCCCl. The van der Waals surface area contributed by atoms with Gasteiger partial charge in [-0.1, -0.05) is 26.2 Å². The molecule has 0 aromatic rings. The van der Waals surface area contributed by atoms with E-state index in [0.717, 1.165) is 44.5 Å². The summed E-state index contributed by atoms with van der Waals surface area (Å²) in [6.45, 7) is 2.95. The molecule has 1 N–H and O–H groups in total. The Morgan fingerprint density at radius 3 is 2.57 bits per heavy atom. The van der Waals surface area contributed by atoms with Gasteiger partial charge in [0.1, 0.15) is 0 Å². The fraction of sp³-hybridized carbons (Fsp3) is 0.909. The van der Waals surface area contributed by atoms with Crippen LogP contribution in [0.2, 0.25) is 0 Å². The van der Waals surface area contributed by atoms with Gasteiger partial charge in [0.15, 0.2) is 0 Å². The summed E-state index contributed by atoms with van der Waals surface area (Å²) in [5.41, 5.74) is 0. The van der Waals surface area contributed by atoms with Crippen molar-refractivity contribution in [1.82, 2.24) is 5.32 Å². The molecule has 0 atom stereocenters. The predicted octanol–water partition coefficient (Wildman–Crippen LogP) is 3.09. The van der Waals surface area contributed by atoms with E-state index < -0.39 is 0 Å². The second-order valence-corrected chi connectivity index (χ2v) is 3.93. The highest BCUT2D eigenvalue weighted by Gasteiger charge is 1.98. The third-order valence-corrected chi connectivity index (χ3v) is 2.41. The molecule has 0 radical (unpaired) electrons. The molecule has 0 saturated heterocycles. The van der Waals surface area contributed by atoms with Crippen LogP contribution in [0.4, 0.5) is 0 Å². The minimum atomic E-state index is 0.198. The molecule has 14 heavy (non-hydrogen) atoms. The molecule has 0 fully saturated rings. The minimum Gasteiger partial charge on any atom is -0.356 e. The highest BCUT2D eigenvalue weighted by molar-refractivity contribution is 6.17. The lowest BCUT2D eigenvalue weighted by molar-refractivity contribution is -0.121. The molecule has 0 unspecified atom stereocenters. The lowest BCUT2D eigenvalue weighted by atomic mass is 10.2. The maximum absolute atomic E-state index is 11.2. The van der Waals surface area contributed by atoms with Gasteiger partial charge in [-0.3, -0.25) is 4.79 Å². The molecular weight excluding hydrogens is 198 g/mol. The molecule has 0 aliphatic rings. The molecule has 0 saturated carbocycles. The molecule has 84 valence electrons. The summed E-state index contributed by atoms with van der Waals surface area (Å²) < 4.78 is 0. The Morgan fingerprint density at radius 2 is 1.93 bits per heavy atom. The van der Waals surface area contributed by atoms with Crippen LogP contribution in [0.5, 0.6) is 0 Å². The van der Waals surface area contributed by atoms with Crippen molar-refractivity contribution in [1.29, 1.82) is 0 Å². The Balaban J connectivity index is 3.10. The summed E-state index contributed by atoms with van der Waals surface area (Å²) in [6, 6.07) is 0. The van der Waals surface area contributed by atoms with Crippen LogP contribution in [0.3, 0.4) is 0 Å². The van der Waals surface area contributed by atoms with E-state index in [0.29, 0.717) is 6.42 Å². The maximum atomic E-state index is 11.2. The Bertz CT molecular complexity index is 139. The molecule has 0 rings (SSSR count). The highest BCUT2D eigenvalue weighted by Crippen LogP contribution is 1.99. The molecule has 0 aromatic heterocycles. The molecule has 0 aliphatic carbocycles. The number of carbonyl (C=O) groups excluding carboxylic acids is 1. The van der Waals surface area contributed by atoms with Gasteiger partial charge in [-0.05, 0) is 19.3 Å². The van der Waals surface area contributed by atoms with E-state index >= 15 is 0 Å². The van der Waals surface area contributed by atoms with Crippen molar-refractivity contribution < 1.29 is 4.79 Å². The number of rotatable bonds is 9. The van der Waals surface area contributed by atoms with Crippen molar-refractivity contribution in [3.8, 4) is 0 Å². The Labute approximate surface area is 92.4 Å². The zero-order valence-corrected chi connectivity index (χ0v) is 9.91. The average Bonchev–Trinajstić information content (AvgIpc) is 2.18. The van der Waals surface area contributed by atoms with E-state index in [9.17, 15) is 4.79 Å². The molecule has 1 amide bonds. The second-order valence-electron chi connectivity index (χ2n) is 3.56. The molecule has 2 nitrogen and oxygen atoms in total. The fourth-order valence-corrected chi connectivity index (χ4v) is 1.44. The normalized spacial score (nSPS) is 10.1. The average molecular weight is 220 g/mol. The minimum absolute atomic E-state index is 0.198. The smallest absolute Gasteiger partial charge is 0.219 e. The molecule has 0 aliphatic heterocycles. The predicted molar refractivity (Wildman–Crippen MR) is 61.7 cm³/mol. The Morgan fingerprint density at radius 1 is 1.14 bits per heavy atom. The number of hydrogen-bond donors (Lipinski definition) is 1. The van der Waals surface area contributed by atoms with Gasteiger partial charge < -0.3 is 5.32 Å². The van der Waals surface area contributed by atoms with Gasteiger partial charge in [0.25, 0.3) is 0 Å². The van der Waals surface area contributed by atoms with Crippen LogP contribution >= 0.6 is 11.6 Å². The van der Waals surface area contributed by atoms with Gasteiger partial charge in [-0.2, -0.15) is 0 Å². The molecule has 3 heteroatoms. The van der Waals surface area contributed by atoms with Crippen molar-refractivity contribution in [3.63, 3.8) is 0 Å². The molecule has 0 aromatic carbocycles. The summed E-state index contributed by atoms with van der Waals surface area (Å²) in [5, 5.41) is 2.92. The summed E-state index contributed by atoms with van der Waals surface area (Å²) in [7, 11) is 0. The van der Waals surface area contributed by atoms with E-state index in [1.54, 1.807) is 0 Å². The van der Waals surface area contributed by atoms with Gasteiger partial charge >= 0.3 is 0 Å². The van der Waals surface area contributed by atoms with Crippen LogP contribution in [0.25, 0.3) is 0 Å². The first-order valence-corrected chi connectivity index (χ1v) is 6.17. The van der Waals surface area contributed by atoms with Crippen LogP contribution in [0.15, 0.2) is 0 Å². The number of carbonyl (C=O) groups is 1. The monoisotopic (exact) mass is 219 g/mol.